The minimum absolute atomic E-state index is 0.0315. The summed E-state index contributed by atoms with van der Waals surface area (Å²) in [6.45, 7) is 3.31. The van der Waals surface area contributed by atoms with Gasteiger partial charge in [0.05, 0.1) is 13.2 Å². The first-order valence-corrected chi connectivity index (χ1v) is 10.3. The number of ether oxygens (including phenoxy) is 5. The molecule has 0 amide bonds. The number of carbonyl (C=O) groups excluding carboxylic acids is 3. The maximum atomic E-state index is 12.3. The predicted molar refractivity (Wildman–Crippen MR) is 122 cm³/mol. The highest BCUT2D eigenvalue weighted by Crippen LogP contribution is 2.30. The molecule has 0 fully saturated rings. The summed E-state index contributed by atoms with van der Waals surface area (Å²) in [5, 5.41) is 9.38. The zero-order valence-electron chi connectivity index (χ0n) is 18.7. The Kier molecular flexibility index (Phi) is 10.4. The number of rotatable bonds is 9. The molecular formula is C25H23NO8. The van der Waals surface area contributed by atoms with Crippen molar-refractivity contribution in [2.45, 2.75) is 13.8 Å². The molecule has 0 aliphatic carbocycles. The molecule has 0 atom stereocenters. The summed E-state index contributed by atoms with van der Waals surface area (Å²) in [7, 11) is 0. The van der Waals surface area contributed by atoms with Crippen molar-refractivity contribution >= 4 is 30.4 Å². The van der Waals surface area contributed by atoms with Gasteiger partial charge in [0, 0.05) is 0 Å². The lowest BCUT2D eigenvalue weighted by Gasteiger charge is -2.11. The summed E-state index contributed by atoms with van der Waals surface area (Å²) in [4.78, 5) is 35.7. The van der Waals surface area contributed by atoms with E-state index < -0.39 is 18.3 Å². The number of hydrogen-bond acceptors (Lipinski definition) is 9. The number of esters is 1. The van der Waals surface area contributed by atoms with Crippen LogP contribution in [0.15, 0.2) is 60.2 Å². The van der Waals surface area contributed by atoms with Crippen LogP contribution in [-0.2, 0) is 19.0 Å². The van der Waals surface area contributed by atoms with Crippen LogP contribution >= 0.6 is 0 Å². The zero-order chi connectivity index (χ0) is 24.8. The molecule has 0 saturated heterocycles. The van der Waals surface area contributed by atoms with Crippen molar-refractivity contribution in [2.75, 3.05) is 19.8 Å². The van der Waals surface area contributed by atoms with Crippen molar-refractivity contribution in [3.8, 4) is 17.6 Å². The smallest absolute Gasteiger partial charge is 0.457 e. The average Bonchev–Trinajstić information content (AvgIpc) is 2.82. The first-order chi connectivity index (χ1) is 16.5. The van der Waals surface area contributed by atoms with Gasteiger partial charge < -0.3 is 23.7 Å². The van der Waals surface area contributed by atoms with E-state index >= 15 is 0 Å². The van der Waals surface area contributed by atoms with E-state index in [9.17, 15) is 19.6 Å². The topological polar surface area (TPSA) is 121 Å². The van der Waals surface area contributed by atoms with Crippen molar-refractivity contribution in [1.29, 1.82) is 5.26 Å². The van der Waals surface area contributed by atoms with Gasteiger partial charge in [0.1, 0.15) is 18.2 Å². The van der Waals surface area contributed by atoms with Gasteiger partial charge >= 0.3 is 18.3 Å². The summed E-state index contributed by atoms with van der Waals surface area (Å²) in [6.07, 6.45) is 2.65. The van der Waals surface area contributed by atoms with Crippen LogP contribution in [0.2, 0.25) is 0 Å². The van der Waals surface area contributed by atoms with E-state index in [0.29, 0.717) is 5.56 Å². The van der Waals surface area contributed by atoms with Gasteiger partial charge in [-0.25, -0.2) is 14.4 Å². The van der Waals surface area contributed by atoms with Gasteiger partial charge in [-0.2, -0.15) is 5.26 Å². The summed E-state index contributed by atoms with van der Waals surface area (Å²) in [5.41, 5.74) is 0.965. The van der Waals surface area contributed by atoms with E-state index in [1.54, 1.807) is 32.1 Å². The maximum Gasteiger partial charge on any atom is 0.513 e. The molecule has 0 aliphatic heterocycles. The van der Waals surface area contributed by atoms with E-state index in [1.807, 2.05) is 30.3 Å². The normalized spacial score (nSPS) is 10.8. The molecule has 2 aromatic rings. The summed E-state index contributed by atoms with van der Waals surface area (Å²) in [6, 6.07) is 15.3. The van der Waals surface area contributed by atoms with Crippen molar-refractivity contribution in [3.63, 3.8) is 0 Å². The summed E-state index contributed by atoms with van der Waals surface area (Å²) < 4.78 is 24.7. The molecule has 2 aromatic carbocycles. The van der Waals surface area contributed by atoms with Crippen LogP contribution < -0.4 is 9.47 Å². The number of hydrogen-bond donors (Lipinski definition) is 0. The van der Waals surface area contributed by atoms with Crippen LogP contribution in [0.1, 0.15) is 25.0 Å². The monoisotopic (exact) mass is 465 g/mol. The molecule has 0 N–H and O–H groups in total. The van der Waals surface area contributed by atoms with Gasteiger partial charge in [-0.3, -0.25) is 0 Å². The number of benzene rings is 2. The van der Waals surface area contributed by atoms with Crippen LogP contribution in [0.5, 0.6) is 11.5 Å². The lowest BCUT2D eigenvalue weighted by atomic mass is 10.1. The lowest BCUT2D eigenvalue weighted by molar-refractivity contribution is -0.137. The molecule has 0 aromatic heterocycles. The number of nitrogens with zero attached hydrogens (tertiary/aromatic N) is 1. The minimum atomic E-state index is -1.03. The van der Waals surface area contributed by atoms with Crippen LogP contribution in [0.25, 0.3) is 12.2 Å². The van der Waals surface area contributed by atoms with Crippen molar-refractivity contribution in [3.05, 3.63) is 71.3 Å². The van der Waals surface area contributed by atoms with E-state index in [1.165, 1.54) is 24.3 Å². The molecule has 0 saturated carbocycles. The molecule has 0 unspecified atom stereocenters. The third-order valence-corrected chi connectivity index (χ3v) is 3.95. The Labute approximate surface area is 196 Å². The first kappa shape index (κ1) is 25.7. The van der Waals surface area contributed by atoms with Gasteiger partial charge in [0.2, 0.25) is 0 Å². The maximum absolute atomic E-state index is 12.3. The quantitative estimate of drug-likeness (QED) is 0.167. The predicted octanol–water partition coefficient (Wildman–Crippen LogP) is 4.92. The van der Waals surface area contributed by atoms with E-state index in [4.69, 9.17) is 23.7 Å². The lowest BCUT2D eigenvalue weighted by Crippen LogP contribution is -2.14. The number of nitriles is 1. The van der Waals surface area contributed by atoms with Crippen LogP contribution in [-0.4, -0.2) is 38.1 Å². The minimum Gasteiger partial charge on any atom is -0.457 e. The second-order valence-corrected chi connectivity index (χ2v) is 6.36. The SMILES string of the molecule is CCOC(=O)Oc1ccc(/C=C(\C#N)C(=O)OC/C=C/c2ccccc2)cc1OC(=O)OCC. The fraction of sp³-hybridized carbons (Fsp3) is 0.200. The molecule has 0 heterocycles. The average molecular weight is 465 g/mol. The highest BCUT2D eigenvalue weighted by atomic mass is 16.7. The van der Waals surface area contributed by atoms with Gasteiger partial charge in [0.25, 0.3) is 0 Å². The van der Waals surface area contributed by atoms with Gasteiger partial charge in [-0.05, 0) is 49.3 Å². The second kappa shape index (κ2) is 13.8. The molecule has 9 heteroatoms. The third-order valence-electron chi connectivity index (χ3n) is 3.95. The third kappa shape index (κ3) is 8.51. The van der Waals surface area contributed by atoms with Crippen molar-refractivity contribution in [1.82, 2.24) is 0 Å². The molecule has 34 heavy (non-hydrogen) atoms. The van der Waals surface area contributed by atoms with E-state index in [2.05, 4.69) is 0 Å². The van der Waals surface area contributed by atoms with Crippen molar-refractivity contribution < 1.29 is 38.1 Å². The van der Waals surface area contributed by atoms with E-state index in [0.717, 1.165) is 5.56 Å². The molecule has 0 bridgehead atoms. The summed E-state index contributed by atoms with van der Waals surface area (Å²) >= 11 is 0. The Morgan fingerprint density at radius 1 is 0.853 bits per heavy atom. The van der Waals surface area contributed by atoms with E-state index in [-0.39, 0.29) is 36.9 Å². The van der Waals surface area contributed by atoms with Crippen LogP contribution in [0, 0.1) is 11.3 Å². The summed E-state index contributed by atoms with van der Waals surface area (Å²) in [5.74, 6) is -1.12. The molecule has 0 aliphatic rings. The first-order valence-electron chi connectivity index (χ1n) is 10.3. The van der Waals surface area contributed by atoms with Crippen LogP contribution in [0.4, 0.5) is 9.59 Å². The fourth-order valence-electron chi connectivity index (χ4n) is 2.51. The molecular weight excluding hydrogens is 442 g/mol. The van der Waals surface area contributed by atoms with Crippen LogP contribution in [0.3, 0.4) is 0 Å². The van der Waals surface area contributed by atoms with Gasteiger partial charge in [0.15, 0.2) is 11.5 Å². The fourth-order valence-corrected chi connectivity index (χ4v) is 2.51. The van der Waals surface area contributed by atoms with Gasteiger partial charge in [-0.1, -0.05) is 42.5 Å². The molecule has 9 nitrogen and oxygen atoms in total. The Hall–Kier alpha value is -4.58. The highest BCUT2D eigenvalue weighted by molar-refractivity contribution is 5.98. The Morgan fingerprint density at radius 3 is 2.12 bits per heavy atom. The number of carbonyl (C=O) groups is 3. The van der Waals surface area contributed by atoms with Gasteiger partial charge in [-0.15, -0.1) is 0 Å². The standard InChI is InChI=1S/C25H23NO8/c1-3-30-24(28)33-21-13-12-19(16-22(21)34-25(29)31-4-2)15-20(17-26)23(27)32-14-8-11-18-9-6-5-7-10-18/h5-13,15-16H,3-4,14H2,1-2H3/b11-8+,20-15+. The molecule has 0 radical (unpaired) electrons. The Morgan fingerprint density at radius 2 is 1.50 bits per heavy atom. The molecule has 0 spiro atoms. The molecule has 2 rings (SSSR count). The second-order valence-electron chi connectivity index (χ2n) is 6.36. The highest BCUT2D eigenvalue weighted by Gasteiger charge is 2.17. The zero-order valence-corrected chi connectivity index (χ0v) is 18.7. The van der Waals surface area contributed by atoms with Crippen molar-refractivity contribution in [2.24, 2.45) is 0 Å². The Bertz CT molecular complexity index is 1100. The largest absolute Gasteiger partial charge is 0.513 e. The molecule has 176 valence electrons. The Balaban J connectivity index is 2.16.